The highest BCUT2D eigenvalue weighted by Gasteiger charge is 2.03. The van der Waals surface area contributed by atoms with E-state index in [1.807, 2.05) is 0 Å². The average Bonchev–Trinajstić information content (AvgIpc) is 2.50. The Morgan fingerprint density at radius 2 is 2.29 bits per heavy atom. The summed E-state index contributed by atoms with van der Waals surface area (Å²) in [5.41, 5.74) is 0.700. The molecule has 0 saturated heterocycles. The lowest BCUT2D eigenvalue weighted by molar-refractivity contribution is 0.564. The molecular weight excluding hydrogens is 226 g/mol. The normalized spacial score (nSPS) is 11.9. The van der Waals surface area contributed by atoms with E-state index in [0.717, 1.165) is 0 Å². The van der Waals surface area contributed by atoms with Gasteiger partial charge in [0, 0.05) is 19.0 Å². The summed E-state index contributed by atoms with van der Waals surface area (Å²) >= 11 is 5.54. The van der Waals surface area contributed by atoms with Crippen LogP contribution >= 0.6 is 11.6 Å². The SMILES string of the molecule is CS(=O)(=O)CCCn1cc(CCl)nn1. The zero-order valence-corrected chi connectivity index (χ0v) is 9.42. The minimum Gasteiger partial charge on any atom is -0.252 e. The molecule has 0 bridgehead atoms. The fraction of sp³-hybridized carbons (Fsp3) is 0.714. The van der Waals surface area contributed by atoms with Gasteiger partial charge in [-0.25, -0.2) is 8.42 Å². The molecule has 80 valence electrons. The number of hydrogen-bond donors (Lipinski definition) is 0. The van der Waals surface area contributed by atoms with Crippen LogP contribution in [-0.2, 0) is 22.3 Å². The van der Waals surface area contributed by atoms with Crippen molar-refractivity contribution in [3.05, 3.63) is 11.9 Å². The van der Waals surface area contributed by atoms with Crippen molar-refractivity contribution in [1.29, 1.82) is 0 Å². The number of hydrogen-bond acceptors (Lipinski definition) is 4. The Morgan fingerprint density at radius 3 is 2.79 bits per heavy atom. The third kappa shape index (κ3) is 4.06. The highest BCUT2D eigenvalue weighted by molar-refractivity contribution is 7.90. The molecule has 0 aliphatic heterocycles. The van der Waals surface area contributed by atoms with Crippen LogP contribution in [0.25, 0.3) is 0 Å². The second kappa shape index (κ2) is 4.75. The summed E-state index contributed by atoms with van der Waals surface area (Å²) in [6, 6.07) is 0. The standard InChI is InChI=1S/C7H12ClN3O2S/c1-14(12,13)4-2-3-11-6-7(5-8)9-10-11/h6H,2-5H2,1H3. The molecule has 0 atom stereocenters. The number of nitrogens with zero attached hydrogens (tertiary/aromatic N) is 3. The molecule has 0 aliphatic rings. The molecule has 0 saturated carbocycles. The van der Waals surface area contributed by atoms with Crippen LogP contribution in [-0.4, -0.2) is 35.4 Å². The smallest absolute Gasteiger partial charge is 0.147 e. The highest BCUT2D eigenvalue weighted by atomic mass is 35.5. The first-order valence-corrected chi connectivity index (χ1v) is 6.73. The molecule has 0 spiro atoms. The van der Waals surface area contributed by atoms with Gasteiger partial charge in [0.15, 0.2) is 0 Å². The topological polar surface area (TPSA) is 64.8 Å². The van der Waals surface area contributed by atoms with Crippen LogP contribution < -0.4 is 0 Å². The van der Waals surface area contributed by atoms with Gasteiger partial charge in [-0.05, 0) is 6.42 Å². The van der Waals surface area contributed by atoms with Crippen LogP contribution in [0.2, 0.25) is 0 Å². The lowest BCUT2D eigenvalue weighted by atomic mass is 10.5. The van der Waals surface area contributed by atoms with E-state index >= 15 is 0 Å². The van der Waals surface area contributed by atoms with Gasteiger partial charge in [0.05, 0.1) is 17.3 Å². The van der Waals surface area contributed by atoms with E-state index in [1.165, 1.54) is 6.26 Å². The molecule has 0 amide bonds. The Hall–Kier alpha value is -0.620. The fourth-order valence-corrected chi connectivity index (χ4v) is 1.77. The minimum atomic E-state index is -2.88. The number of aryl methyl sites for hydroxylation is 1. The Kier molecular flexibility index (Phi) is 3.88. The van der Waals surface area contributed by atoms with Gasteiger partial charge in [0.1, 0.15) is 9.84 Å². The first kappa shape index (κ1) is 11.5. The summed E-state index contributed by atoms with van der Waals surface area (Å²) in [4.78, 5) is 0. The Labute approximate surface area is 88.0 Å². The highest BCUT2D eigenvalue weighted by Crippen LogP contribution is 1.99. The molecule has 1 heterocycles. The molecule has 1 rings (SSSR count). The summed E-state index contributed by atoms with van der Waals surface area (Å²) in [7, 11) is -2.88. The molecule has 0 unspecified atom stereocenters. The van der Waals surface area contributed by atoms with E-state index in [9.17, 15) is 8.42 Å². The van der Waals surface area contributed by atoms with Crippen molar-refractivity contribution in [2.45, 2.75) is 18.8 Å². The van der Waals surface area contributed by atoms with E-state index in [1.54, 1.807) is 10.9 Å². The van der Waals surface area contributed by atoms with Crippen molar-refractivity contribution in [1.82, 2.24) is 15.0 Å². The predicted octanol–water partition coefficient (Wildman–Crippen LogP) is 0.452. The van der Waals surface area contributed by atoms with Crippen molar-refractivity contribution in [3.8, 4) is 0 Å². The molecule has 1 aromatic rings. The second-order valence-corrected chi connectivity index (χ2v) is 5.62. The van der Waals surface area contributed by atoms with Crippen molar-refractivity contribution in [2.75, 3.05) is 12.0 Å². The van der Waals surface area contributed by atoms with E-state index in [0.29, 0.717) is 24.5 Å². The van der Waals surface area contributed by atoms with E-state index in [-0.39, 0.29) is 5.75 Å². The number of sulfone groups is 1. The van der Waals surface area contributed by atoms with Crippen LogP contribution in [0.4, 0.5) is 0 Å². The number of halogens is 1. The largest absolute Gasteiger partial charge is 0.252 e. The van der Waals surface area contributed by atoms with Gasteiger partial charge in [0.25, 0.3) is 0 Å². The fourth-order valence-electron chi connectivity index (χ4n) is 0.998. The maximum absolute atomic E-state index is 10.8. The predicted molar refractivity (Wildman–Crippen MR) is 53.9 cm³/mol. The van der Waals surface area contributed by atoms with E-state index < -0.39 is 9.84 Å². The maximum atomic E-state index is 10.8. The first-order valence-electron chi connectivity index (χ1n) is 4.14. The molecular formula is C7H12ClN3O2S. The zero-order chi connectivity index (χ0) is 10.6. The average molecular weight is 238 g/mol. The molecule has 0 radical (unpaired) electrons. The van der Waals surface area contributed by atoms with Crippen molar-refractivity contribution in [3.63, 3.8) is 0 Å². The van der Waals surface area contributed by atoms with Gasteiger partial charge in [0.2, 0.25) is 0 Å². The summed E-state index contributed by atoms with van der Waals surface area (Å²) in [6.07, 6.45) is 3.48. The van der Waals surface area contributed by atoms with E-state index in [4.69, 9.17) is 11.6 Å². The van der Waals surface area contributed by atoms with Crippen LogP contribution in [0.15, 0.2) is 6.20 Å². The van der Waals surface area contributed by atoms with Crippen LogP contribution in [0.3, 0.4) is 0 Å². The maximum Gasteiger partial charge on any atom is 0.147 e. The molecule has 0 aliphatic carbocycles. The third-order valence-corrected chi connectivity index (χ3v) is 2.93. The Morgan fingerprint density at radius 1 is 1.57 bits per heavy atom. The van der Waals surface area contributed by atoms with Crippen LogP contribution in [0, 0.1) is 0 Å². The van der Waals surface area contributed by atoms with E-state index in [2.05, 4.69) is 10.3 Å². The summed E-state index contributed by atoms with van der Waals surface area (Å²) in [5.74, 6) is 0.495. The summed E-state index contributed by atoms with van der Waals surface area (Å²) in [6.45, 7) is 0.553. The van der Waals surface area contributed by atoms with Gasteiger partial charge in [-0.15, -0.1) is 16.7 Å². The Bertz CT molecular complexity index is 387. The minimum absolute atomic E-state index is 0.170. The van der Waals surface area contributed by atoms with Gasteiger partial charge in [-0.2, -0.15) is 0 Å². The first-order chi connectivity index (χ1) is 6.51. The molecule has 7 heteroatoms. The monoisotopic (exact) mass is 237 g/mol. The molecule has 0 N–H and O–H groups in total. The molecule has 14 heavy (non-hydrogen) atoms. The lowest BCUT2D eigenvalue weighted by Crippen LogP contribution is -2.07. The van der Waals surface area contributed by atoms with Crippen molar-refractivity contribution < 1.29 is 8.42 Å². The van der Waals surface area contributed by atoms with Crippen LogP contribution in [0.5, 0.6) is 0 Å². The molecule has 1 aromatic heterocycles. The number of rotatable bonds is 5. The van der Waals surface area contributed by atoms with Crippen molar-refractivity contribution in [2.24, 2.45) is 0 Å². The zero-order valence-electron chi connectivity index (χ0n) is 7.85. The molecule has 0 aromatic carbocycles. The Balaban J connectivity index is 2.39. The van der Waals surface area contributed by atoms with Crippen molar-refractivity contribution >= 4 is 21.4 Å². The van der Waals surface area contributed by atoms with Crippen LogP contribution in [0.1, 0.15) is 12.1 Å². The van der Waals surface area contributed by atoms with Gasteiger partial charge >= 0.3 is 0 Å². The van der Waals surface area contributed by atoms with Gasteiger partial charge in [-0.1, -0.05) is 5.21 Å². The second-order valence-electron chi connectivity index (χ2n) is 3.09. The molecule has 0 fully saturated rings. The molecule has 5 nitrogen and oxygen atoms in total. The quantitative estimate of drug-likeness (QED) is 0.698. The number of alkyl halides is 1. The third-order valence-electron chi connectivity index (χ3n) is 1.63. The lowest BCUT2D eigenvalue weighted by Gasteiger charge is -1.98. The summed E-state index contributed by atoms with van der Waals surface area (Å²) in [5, 5.41) is 7.58. The van der Waals surface area contributed by atoms with Gasteiger partial charge < -0.3 is 0 Å². The number of aromatic nitrogens is 3. The van der Waals surface area contributed by atoms with Gasteiger partial charge in [-0.3, -0.25) is 4.68 Å². The summed E-state index contributed by atoms with van der Waals surface area (Å²) < 4.78 is 23.2.